The van der Waals surface area contributed by atoms with Crippen molar-refractivity contribution in [2.75, 3.05) is 6.54 Å². The van der Waals surface area contributed by atoms with Gasteiger partial charge in [-0.05, 0) is 36.2 Å². The van der Waals surface area contributed by atoms with Crippen molar-refractivity contribution in [2.24, 2.45) is 10.1 Å². The number of hydrogen-bond acceptors (Lipinski definition) is 4. The van der Waals surface area contributed by atoms with Gasteiger partial charge in [0.05, 0.1) is 17.6 Å². The maximum atomic E-state index is 6.20. The molecular formula is C23H19ClN4S. The second kappa shape index (κ2) is 9.45. The predicted molar refractivity (Wildman–Crippen MR) is 121 cm³/mol. The second-order valence-electron chi connectivity index (χ2n) is 6.34. The second-order valence-corrected chi connectivity index (χ2v) is 7.62. The molecule has 4 rings (SSSR count). The van der Waals surface area contributed by atoms with E-state index in [2.05, 4.69) is 39.7 Å². The highest BCUT2D eigenvalue weighted by Gasteiger charge is 2.08. The Labute approximate surface area is 178 Å². The van der Waals surface area contributed by atoms with Crippen molar-refractivity contribution in [3.8, 4) is 11.3 Å². The number of nitrogens with zero attached hydrogens (tertiary/aromatic N) is 4. The van der Waals surface area contributed by atoms with E-state index in [0.29, 0.717) is 11.6 Å². The van der Waals surface area contributed by atoms with E-state index in [9.17, 15) is 0 Å². The van der Waals surface area contributed by atoms with Gasteiger partial charge < -0.3 is 0 Å². The molecule has 0 saturated carbocycles. The van der Waals surface area contributed by atoms with Gasteiger partial charge in [-0.15, -0.1) is 11.3 Å². The fourth-order valence-corrected chi connectivity index (χ4v) is 3.91. The maximum Gasteiger partial charge on any atom is 0.206 e. The first-order valence-electron chi connectivity index (χ1n) is 9.26. The molecule has 0 aliphatic heterocycles. The van der Waals surface area contributed by atoms with Crippen LogP contribution in [-0.4, -0.2) is 22.4 Å². The topological polar surface area (TPSA) is 42.5 Å². The van der Waals surface area contributed by atoms with Crippen molar-refractivity contribution in [1.82, 2.24) is 9.66 Å². The highest BCUT2D eigenvalue weighted by Crippen LogP contribution is 2.23. The minimum atomic E-state index is 0.691. The Balaban J connectivity index is 1.69. The summed E-state index contributed by atoms with van der Waals surface area (Å²) in [6.07, 6.45) is 4.38. The van der Waals surface area contributed by atoms with Crippen LogP contribution in [0.4, 0.5) is 0 Å². The molecule has 2 heterocycles. The minimum Gasteiger partial charge on any atom is -0.257 e. The van der Waals surface area contributed by atoms with Crippen LogP contribution in [-0.2, 0) is 6.42 Å². The van der Waals surface area contributed by atoms with Crippen LogP contribution in [0.25, 0.3) is 11.3 Å². The summed E-state index contributed by atoms with van der Waals surface area (Å²) in [4.78, 5) is 9.95. The molecule has 0 N–H and O–H groups in total. The summed E-state index contributed by atoms with van der Waals surface area (Å²) in [6.45, 7) is 0.693. The van der Waals surface area contributed by atoms with E-state index in [-0.39, 0.29) is 0 Å². The molecular weight excluding hydrogens is 400 g/mol. The van der Waals surface area contributed by atoms with Crippen LogP contribution in [0.1, 0.15) is 11.3 Å². The number of aromatic nitrogens is 2. The van der Waals surface area contributed by atoms with E-state index < -0.39 is 0 Å². The largest absolute Gasteiger partial charge is 0.257 e. The van der Waals surface area contributed by atoms with Crippen molar-refractivity contribution in [3.63, 3.8) is 0 Å². The Morgan fingerprint density at radius 2 is 1.86 bits per heavy atom. The van der Waals surface area contributed by atoms with Gasteiger partial charge >= 0.3 is 0 Å². The summed E-state index contributed by atoms with van der Waals surface area (Å²) >= 11 is 7.77. The van der Waals surface area contributed by atoms with Gasteiger partial charge in [0.15, 0.2) is 0 Å². The van der Waals surface area contributed by atoms with Gasteiger partial charge in [0, 0.05) is 28.7 Å². The first-order valence-corrected chi connectivity index (χ1v) is 10.5. The van der Waals surface area contributed by atoms with E-state index in [1.54, 1.807) is 23.7 Å². The molecule has 144 valence electrons. The molecule has 4 aromatic rings. The molecule has 0 unspecified atom stereocenters. The molecule has 0 aliphatic rings. The van der Waals surface area contributed by atoms with Gasteiger partial charge in [0.25, 0.3) is 0 Å². The Morgan fingerprint density at radius 3 is 2.66 bits per heavy atom. The average Bonchev–Trinajstić information content (AvgIpc) is 3.16. The number of benzene rings is 2. The van der Waals surface area contributed by atoms with Crippen LogP contribution >= 0.6 is 22.9 Å². The van der Waals surface area contributed by atoms with Crippen molar-refractivity contribution in [1.29, 1.82) is 0 Å². The molecule has 29 heavy (non-hydrogen) atoms. The zero-order valence-corrected chi connectivity index (χ0v) is 17.2. The van der Waals surface area contributed by atoms with E-state index >= 15 is 0 Å². The summed E-state index contributed by atoms with van der Waals surface area (Å²) in [7, 11) is 0. The SMILES string of the molecule is Clc1cccc(-c2csc(=NCCc3ccccc3)n2N=Cc2ccccn2)c1. The Hall–Kier alpha value is -3.02. The standard InChI is InChI=1S/C23H19ClN4S/c24-20-10-6-9-19(15-20)22-17-29-23(26-14-12-18-7-2-1-3-8-18)28(22)27-16-21-11-4-5-13-25-21/h1-11,13,15-17H,12,14H2. The molecule has 0 bridgehead atoms. The van der Waals surface area contributed by atoms with Gasteiger partial charge in [-0.25, -0.2) is 4.68 Å². The highest BCUT2D eigenvalue weighted by atomic mass is 35.5. The van der Waals surface area contributed by atoms with Crippen molar-refractivity contribution in [2.45, 2.75) is 6.42 Å². The molecule has 0 aliphatic carbocycles. The average molecular weight is 419 g/mol. The van der Waals surface area contributed by atoms with Crippen LogP contribution in [0.3, 0.4) is 0 Å². The van der Waals surface area contributed by atoms with Gasteiger partial charge in [-0.1, -0.05) is 60.1 Å². The lowest BCUT2D eigenvalue weighted by Crippen LogP contribution is -2.13. The van der Waals surface area contributed by atoms with Crippen molar-refractivity contribution < 1.29 is 0 Å². The fourth-order valence-electron chi connectivity index (χ4n) is 2.86. The number of halogens is 1. The predicted octanol–water partition coefficient (Wildman–Crippen LogP) is 5.29. The van der Waals surface area contributed by atoms with Crippen LogP contribution in [0.5, 0.6) is 0 Å². The Kier molecular flexibility index (Phi) is 6.29. The normalized spacial score (nSPS) is 12.0. The molecule has 2 aromatic heterocycles. The Morgan fingerprint density at radius 1 is 1.00 bits per heavy atom. The van der Waals surface area contributed by atoms with E-state index in [1.165, 1.54) is 5.56 Å². The molecule has 0 radical (unpaired) electrons. The van der Waals surface area contributed by atoms with Crippen LogP contribution in [0.15, 0.2) is 94.5 Å². The molecule has 0 saturated heterocycles. The minimum absolute atomic E-state index is 0.691. The first kappa shape index (κ1) is 19.3. The van der Waals surface area contributed by atoms with Gasteiger partial charge in [0.2, 0.25) is 4.80 Å². The lowest BCUT2D eigenvalue weighted by molar-refractivity contribution is 0.816. The quantitative estimate of drug-likeness (QED) is 0.392. The third-order valence-electron chi connectivity index (χ3n) is 4.29. The van der Waals surface area contributed by atoms with Crippen LogP contribution in [0.2, 0.25) is 5.02 Å². The number of rotatable bonds is 6. The third-order valence-corrected chi connectivity index (χ3v) is 5.38. The lowest BCUT2D eigenvalue weighted by atomic mass is 10.2. The Bertz CT molecular complexity index is 1160. The maximum absolute atomic E-state index is 6.20. The summed E-state index contributed by atoms with van der Waals surface area (Å²) in [5, 5.41) is 7.42. The zero-order valence-electron chi connectivity index (χ0n) is 15.6. The van der Waals surface area contributed by atoms with Gasteiger partial charge in [0.1, 0.15) is 0 Å². The first-order chi connectivity index (χ1) is 14.3. The van der Waals surface area contributed by atoms with Crippen molar-refractivity contribution in [3.05, 3.63) is 105 Å². The molecule has 0 spiro atoms. The number of thiazole rings is 1. The molecule has 0 atom stereocenters. The van der Waals surface area contributed by atoms with E-state index in [4.69, 9.17) is 16.6 Å². The summed E-state index contributed by atoms with van der Waals surface area (Å²) in [6, 6.07) is 23.9. The van der Waals surface area contributed by atoms with Gasteiger partial charge in [-0.3, -0.25) is 9.98 Å². The highest BCUT2D eigenvalue weighted by molar-refractivity contribution is 7.07. The summed E-state index contributed by atoms with van der Waals surface area (Å²) < 4.78 is 1.86. The fraction of sp³-hybridized carbons (Fsp3) is 0.0870. The van der Waals surface area contributed by atoms with Gasteiger partial charge in [-0.2, -0.15) is 5.10 Å². The van der Waals surface area contributed by atoms with Crippen LogP contribution < -0.4 is 4.80 Å². The smallest absolute Gasteiger partial charge is 0.206 e. The van der Waals surface area contributed by atoms with E-state index in [0.717, 1.165) is 28.2 Å². The monoisotopic (exact) mass is 418 g/mol. The lowest BCUT2D eigenvalue weighted by Gasteiger charge is -2.04. The van der Waals surface area contributed by atoms with Crippen LogP contribution in [0, 0.1) is 0 Å². The summed E-state index contributed by atoms with van der Waals surface area (Å²) in [5.41, 5.74) is 4.00. The summed E-state index contributed by atoms with van der Waals surface area (Å²) in [5.74, 6) is 0. The molecule has 6 heteroatoms. The van der Waals surface area contributed by atoms with E-state index in [1.807, 2.05) is 53.2 Å². The molecule has 4 nitrogen and oxygen atoms in total. The molecule has 2 aromatic carbocycles. The molecule has 0 fully saturated rings. The zero-order chi connectivity index (χ0) is 19.9. The van der Waals surface area contributed by atoms with Crippen molar-refractivity contribution >= 4 is 29.2 Å². The number of hydrogen-bond donors (Lipinski definition) is 0. The third kappa shape index (κ3) is 5.08. The molecule has 0 amide bonds. The number of pyridine rings is 1.